The molecule has 2 N–H and O–H groups in total. The molecule has 0 amide bonds. The number of aromatic hydroxyl groups is 1. The molecule has 0 radical (unpaired) electrons. The predicted octanol–water partition coefficient (Wildman–Crippen LogP) is 1.10. The van der Waals surface area contributed by atoms with Crippen molar-refractivity contribution in [2.24, 2.45) is 0 Å². The number of ether oxygens (including phenoxy) is 1. The van der Waals surface area contributed by atoms with E-state index in [4.69, 9.17) is 4.74 Å². The summed E-state index contributed by atoms with van der Waals surface area (Å²) in [5, 5.41) is 12.7. The number of phenolic OH excluding ortho intramolecular Hbond substituents is 1. The Morgan fingerprint density at radius 1 is 1.60 bits per heavy atom. The molecule has 1 aliphatic heterocycles. The molecule has 0 bridgehead atoms. The number of esters is 1. The molecular formula is C11H13NO3. The first kappa shape index (κ1) is 9.98. The number of hydrogen-bond acceptors (Lipinski definition) is 4. The highest BCUT2D eigenvalue weighted by molar-refractivity contribution is 5.66. The van der Waals surface area contributed by atoms with Crippen LogP contribution in [0.25, 0.3) is 0 Å². The monoisotopic (exact) mass is 207 g/mol. The Morgan fingerprint density at radius 2 is 2.40 bits per heavy atom. The molecule has 0 spiro atoms. The molecule has 1 aromatic carbocycles. The Morgan fingerprint density at radius 3 is 3.13 bits per heavy atom. The molecule has 4 nitrogen and oxygen atoms in total. The lowest BCUT2D eigenvalue weighted by Crippen LogP contribution is -2.32. The average Bonchev–Trinajstić information content (AvgIpc) is 2.19. The van der Waals surface area contributed by atoms with Gasteiger partial charge in [0.1, 0.15) is 5.75 Å². The van der Waals surface area contributed by atoms with E-state index in [1.165, 1.54) is 6.92 Å². The van der Waals surface area contributed by atoms with Crippen LogP contribution in [0.2, 0.25) is 0 Å². The fourth-order valence-electron chi connectivity index (χ4n) is 1.82. The maximum Gasteiger partial charge on any atom is 0.304 e. The molecule has 80 valence electrons. The largest absolute Gasteiger partial charge is 0.508 e. The van der Waals surface area contributed by atoms with E-state index in [0.717, 1.165) is 17.5 Å². The van der Waals surface area contributed by atoms with Crippen LogP contribution in [0.5, 0.6) is 5.75 Å². The first-order valence-corrected chi connectivity index (χ1v) is 4.90. The molecule has 0 aromatic heterocycles. The Hall–Kier alpha value is -1.55. The van der Waals surface area contributed by atoms with E-state index >= 15 is 0 Å². The Kier molecular flexibility index (Phi) is 2.60. The van der Waals surface area contributed by atoms with Gasteiger partial charge in [-0.25, -0.2) is 0 Å². The van der Waals surface area contributed by atoms with Crippen molar-refractivity contribution in [1.29, 1.82) is 0 Å². The molecule has 4 heteroatoms. The van der Waals surface area contributed by atoms with Crippen molar-refractivity contribution < 1.29 is 14.6 Å². The molecule has 1 aliphatic rings. The average molecular weight is 207 g/mol. The van der Waals surface area contributed by atoms with Crippen LogP contribution in [-0.4, -0.2) is 17.6 Å². The van der Waals surface area contributed by atoms with E-state index in [1.54, 1.807) is 12.1 Å². The number of benzene rings is 1. The smallest absolute Gasteiger partial charge is 0.304 e. The van der Waals surface area contributed by atoms with Crippen LogP contribution >= 0.6 is 0 Å². The number of rotatable bonds is 1. The van der Waals surface area contributed by atoms with Crippen molar-refractivity contribution >= 4 is 5.97 Å². The standard InChI is InChI=1S/C11H13NO3/c1-7(13)15-11-9-3-2-4-10(14)8(9)5-6-12-11/h2-4,11-12,14H,5-6H2,1H3. The zero-order chi connectivity index (χ0) is 10.8. The van der Waals surface area contributed by atoms with E-state index in [2.05, 4.69) is 5.32 Å². The summed E-state index contributed by atoms with van der Waals surface area (Å²) in [4.78, 5) is 10.9. The van der Waals surface area contributed by atoms with Crippen LogP contribution < -0.4 is 5.32 Å². The molecule has 1 unspecified atom stereocenters. The van der Waals surface area contributed by atoms with Crippen molar-refractivity contribution in [1.82, 2.24) is 5.32 Å². The number of carbonyl (C=O) groups is 1. The maximum atomic E-state index is 10.9. The minimum atomic E-state index is -0.432. The summed E-state index contributed by atoms with van der Waals surface area (Å²) in [7, 11) is 0. The van der Waals surface area contributed by atoms with Crippen LogP contribution in [0, 0.1) is 0 Å². The number of phenols is 1. The zero-order valence-corrected chi connectivity index (χ0v) is 8.49. The SMILES string of the molecule is CC(=O)OC1NCCc2c(O)cccc21. The lowest BCUT2D eigenvalue weighted by atomic mass is 9.98. The van der Waals surface area contributed by atoms with Gasteiger partial charge in [-0.05, 0) is 12.5 Å². The van der Waals surface area contributed by atoms with Gasteiger partial charge in [-0.3, -0.25) is 10.1 Å². The lowest BCUT2D eigenvalue weighted by molar-refractivity contribution is -0.148. The minimum Gasteiger partial charge on any atom is -0.508 e. The fraction of sp³-hybridized carbons (Fsp3) is 0.364. The number of hydrogen-bond donors (Lipinski definition) is 2. The third kappa shape index (κ3) is 1.94. The predicted molar refractivity (Wildman–Crippen MR) is 54.3 cm³/mol. The van der Waals surface area contributed by atoms with Gasteiger partial charge in [0, 0.05) is 24.6 Å². The van der Waals surface area contributed by atoms with Gasteiger partial charge < -0.3 is 9.84 Å². The third-order valence-electron chi connectivity index (χ3n) is 2.46. The van der Waals surface area contributed by atoms with Gasteiger partial charge >= 0.3 is 5.97 Å². The molecule has 15 heavy (non-hydrogen) atoms. The second-order valence-electron chi connectivity index (χ2n) is 3.54. The van der Waals surface area contributed by atoms with Crippen molar-refractivity contribution in [2.75, 3.05) is 6.54 Å². The van der Waals surface area contributed by atoms with Gasteiger partial charge in [0.2, 0.25) is 0 Å². The van der Waals surface area contributed by atoms with Crippen molar-refractivity contribution in [3.63, 3.8) is 0 Å². The highest BCUT2D eigenvalue weighted by atomic mass is 16.6. The maximum absolute atomic E-state index is 10.9. The van der Waals surface area contributed by atoms with E-state index in [0.29, 0.717) is 6.54 Å². The Balaban J connectivity index is 2.34. The van der Waals surface area contributed by atoms with E-state index in [1.807, 2.05) is 6.07 Å². The Labute approximate surface area is 87.9 Å². The van der Waals surface area contributed by atoms with Crippen LogP contribution in [0.4, 0.5) is 0 Å². The summed E-state index contributed by atoms with van der Waals surface area (Å²) < 4.78 is 5.11. The first-order chi connectivity index (χ1) is 7.18. The van der Waals surface area contributed by atoms with Crippen molar-refractivity contribution in [3.8, 4) is 5.75 Å². The minimum absolute atomic E-state index is 0.270. The molecule has 0 aliphatic carbocycles. The van der Waals surface area contributed by atoms with Gasteiger partial charge in [-0.1, -0.05) is 12.1 Å². The number of fused-ring (bicyclic) bond motifs is 1. The van der Waals surface area contributed by atoms with Gasteiger partial charge in [0.05, 0.1) is 0 Å². The molecule has 1 atom stereocenters. The summed E-state index contributed by atoms with van der Waals surface area (Å²) >= 11 is 0. The molecule has 0 saturated carbocycles. The number of carbonyl (C=O) groups excluding carboxylic acids is 1. The molecule has 1 heterocycles. The number of nitrogens with one attached hydrogen (secondary N) is 1. The van der Waals surface area contributed by atoms with Crippen LogP contribution in [-0.2, 0) is 16.0 Å². The fourth-order valence-corrected chi connectivity index (χ4v) is 1.82. The molecule has 2 rings (SSSR count). The van der Waals surface area contributed by atoms with Gasteiger partial charge in [0.15, 0.2) is 6.23 Å². The second kappa shape index (κ2) is 3.90. The summed E-state index contributed by atoms with van der Waals surface area (Å²) in [6.45, 7) is 2.07. The van der Waals surface area contributed by atoms with E-state index in [9.17, 15) is 9.90 Å². The molecule has 0 saturated heterocycles. The van der Waals surface area contributed by atoms with E-state index in [-0.39, 0.29) is 11.7 Å². The topological polar surface area (TPSA) is 58.6 Å². The summed E-state index contributed by atoms with van der Waals surface area (Å²) in [6, 6.07) is 5.25. The third-order valence-corrected chi connectivity index (χ3v) is 2.46. The highest BCUT2D eigenvalue weighted by Crippen LogP contribution is 2.29. The quantitative estimate of drug-likeness (QED) is 0.677. The van der Waals surface area contributed by atoms with Crippen LogP contribution in [0.1, 0.15) is 24.3 Å². The van der Waals surface area contributed by atoms with Gasteiger partial charge in [-0.15, -0.1) is 0 Å². The Bertz CT molecular complexity index is 389. The zero-order valence-electron chi connectivity index (χ0n) is 8.49. The summed E-state index contributed by atoms with van der Waals surface area (Å²) in [5.41, 5.74) is 1.71. The van der Waals surface area contributed by atoms with Gasteiger partial charge in [0.25, 0.3) is 0 Å². The normalized spacial score (nSPS) is 19.4. The van der Waals surface area contributed by atoms with Crippen molar-refractivity contribution in [2.45, 2.75) is 19.6 Å². The van der Waals surface area contributed by atoms with Crippen LogP contribution in [0.3, 0.4) is 0 Å². The molecule has 0 fully saturated rings. The molecular weight excluding hydrogens is 194 g/mol. The highest BCUT2D eigenvalue weighted by Gasteiger charge is 2.23. The summed E-state index contributed by atoms with van der Waals surface area (Å²) in [6.07, 6.45) is 0.318. The molecule has 1 aromatic rings. The summed E-state index contributed by atoms with van der Waals surface area (Å²) in [5.74, 6) is -0.0603. The second-order valence-corrected chi connectivity index (χ2v) is 3.54. The van der Waals surface area contributed by atoms with Crippen molar-refractivity contribution in [3.05, 3.63) is 29.3 Å². The lowest BCUT2D eigenvalue weighted by Gasteiger charge is -2.26. The van der Waals surface area contributed by atoms with Crippen LogP contribution in [0.15, 0.2) is 18.2 Å². The van der Waals surface area contributed by atoms with E-state index < -0.39 is 6.23 Å². The van der Waals surface area contributed by atoms with Gasteiger partial charge in [-0.2, -0.15) is 0 Å². The first-order valence-electron chi connectivity index (χ1n) is 4.90.